The van der Waals surface area contributed by atoms with Gasteiger partial charge in [-0.1, -0.05) is 48.5 Å². The fourth-order valence-electron chi connectivity index (χ4n) is 5.56. The molecule has 1 fully saturated rings. The molecule has 1 heterocycles. The van der Waals surface area contributed by atoms with Gasteiger partial charge in [0.25, 0.3) is 0 Å². The number of alkyl carbamates (subject to hydrolysis) is 1. The van der Waals surface area contributed by atoms with Crippen LogP contribution in [-0.4, -0.2) is 111 Å². The van der Waals surface area contributed by atoms with E-state index in [1.165, 1.54) is 0 Å². The van der Waals surface area contributed by atoms with E-state index >= 15 is 0 Å². The van der Waals surface area contributed by atoms with Crippen molar-refractivity contribution in [2.45, 2.75) is 81.7 Å². The van der Waals surface area contributed by atoms with Crippen LogP contribution in [0.15, 0.2) is 48.5 Å². The molecule has 2 aliphatic rings. The lowest BCUT2D eigenvalue weighted by Crippen LogP contribution is -2.65. The Hall–Kier alpha value is -3.75. The Morgan fingerprint density at radius 2 is 1.62 bits per heavy atom. The Morgan fingerprint density at radius 3 is 2.20 bits per heavy atom. The van der Waals surface area contributed by atoms with Crippen molar-refractivity contribution in [2.24, 2.45) is 0 Å². The monoisotopic (exact) mass is 630 g/mol. The highest BCUT2D eigenvalue weighted by molar-refractivity contribution is 5.81. The van der Waals surface area contributed by atoms with E-state index in [2.05, 4.69) is 5.32 Å². The van der Waals surface area contributed by atoms with Crippen LogP contribution in [0.4, 0.5) is 9.59 Å². The smallest absolute Gasteiger partial charge is 0.410 e. The van der Waals surface area contributed by atoms with Crippen LogP contribution in [0.25, 0.3) is 11.1 Å². The number of hydrogen-bond donors (Lipinski definition) is 6. The van der Waals surface area contributed by atoms with Crippen LogP contribution >= 0.6 is 0 Å². The summed E-state index contributed by atoms with van der Waals surface area (Å²) in [4.78, 5) is 38.6. The number of nitrogens with zero attached hydrogens (tertiary/aromatic N) is 1. The Balaban J connectivity index is 1.32. The topological polar surface area (TPSA) is 195 Å². The number of ether oxygens (including phenoxy) is 3. The SMILES string of the molecule is CC(C)(C)OC(=O)N(CCCC[C@H](NC(=O)OCC1c2ccccc2-c2ccccc21)C(=O)O)CC1(O)OCC(O)C(O)C1O. The van der Waals surface area contributed by atoms with E-state index in [9.17, 15) is 39.9 Å². The highest BCUT2D eigenvalue weighted by Crippen LogP contribution is 2.44. The van der Waals surface area contributed by atoms with Gasteiger partial charge in [0, 0.05) is 12.5 Å². The standard InChI is InChI=1S/C32H42N2O11/c1-31(2,3)45-30(41)34(18-32(42)27(37)26(36)25(35)17-44-32)15-9-8-14-24(28(38)39)33-29(40)43-16-23-21-12-6-4-10-19(21)20-11-5-7-13-22(20)23/h4-7,10-13,23-27,35-37,42H,8-9,14-18H2,1-3H3,(H,33,40)(H,38,39)/t24-,25?,26?,27?,32?/m0/s1. The van der Waals surface area contributed by atoms with Crippen molar-refractivity contribution in [1.82, 2.24) is 10.2 Å². The molecule has 5 atom stereocenters. The van der Waals surface area contributed by atoms with Crippen molar-refractivity contribution in [3.05, 3.63) is 59.7 Å². The Bertz CT molecular complexity index is 1320. The summed E-state index contributed by atoms with van der Waals surface area (Å²) in [6.45, 7) is 3.87. The van der Waals surface area contributed by atoms with E-state index in [4.69, 9.17) is 14.2 Å². The van der Waals surface area contributed by atoms with Crippen LogP contribution in [-0.2, 0) is 19.0 Å². The van der Waals surface area contributed by atoms with Gasteiger partial charge < -0.3 is 50.0 Å². The lowest BCUT2D eigenvalue weighted by Gasteiger charge is -2.43. The molecule has 0 aromatic heterocycles. The van der Waals surface area contributed by atoms with Crippen LogP contribution in [0.5, 0.6) is 0 Å². The first-order chi connectivity index (χ1) is 21.2. The van der Waals surface area contributed by atoms with E-state index in [0.29, 0.717) is 0 Å². The normalized spacial score (nSPS) is 23.4. The van der Waals surface area contributed by atoms with Gasteiger partial charge >= 0.3 is 18.2 Å². The van der Waals surface area contributed by atoms with Gasteiger partial charge in [0.05, 0.1) is 13.2 Å². The average molecular weight is 631 g/mol. The molecule has 4 unspecified atom stereocenters. The first kappa shape index (κ1) is 34.1. The van der Waals surface area contributed by atoms with Gasteiger partial charge in [0.2, 0.25) is 5.79 Å². The molecule has 1 aliphatic heterocycles. The van der Waals surface area contributed by atoms with Gasteiger partial charge in [0.15, 0.2) is 0 Å². The number of carbonyl (C=O) groups excluding carboxylic acids is 2. The number of unbranched alkanes of at least 4 members (excludes halogenated alkanes) is 1. The van der Waals surface area contributed by atoms with Gasteiger partial charge in [-0.3, -0.25) is 0 Å². The summed E-state index contributed by atoms with van der Waals surface area (Å²) < 4.78 is 16.1. The highest BCUT2D eigenvalue weighted by Gasteiger charge is 2.50. The fourth-order valence-corrected chi connectivity index (χ4v) is 5.56. The third-order valence-corrected chi connectivity index (χ3v) is 7.86. The number of benzene rings is 2. The fraction of sp³-hybridized carbons (Fsp3) is 0.531. The Labute approximate surface area is 261 Å². The van der Waals surface area contributed by atoms with Crippen LogP contribution in [0.3, 0.4) is 0 Å². The molecule has 13 heteroatoms. The third-order valence-electron chi connectivity index (χ3n) is 7.86. The minimum Gasteiger partial charge on any atom is -0.480 e. The van der Waals surface area contributed by atoms with Gasteiger partial charge in [-0.2, -0.15) is 0 Å². The first-order valence-corrected chi connectivity index (χ1v) is 14.9. The number of aliphatic hydroxyl groups is 4. The molecule has 13 nitrogen and oxygen atoms in total. The van der Waals surface area contributed by atoms with E-state index in [1.807, 2.05) is 48.5 Å². The first-order valence-electron chi connectivity index (χ1n) is 14.9. The van der Waals surface area contributed by atoms with Crippen molar-refractivity contribution in [1.29, 1.82) is 0 Å². The van der Waals surface area contributed by atoms with Crippen molar-refractivity contribution < 1.29 is 54.1 Å². The van der Waals surface area contributed by atoms with Crippen molar-refractivity contribution in [3.8, 4) is 11.1 Å². The number of nitrogens with one attached hydrogen (secondary N) is 1. The summed E-state index contributed by atoms with van der Waals surface area (Å²) >= 11 is 0. The summed E-state index contributed by atoms with van der Waals surface area (Å²) in [6.07, 6.45) is -6.27. The summed E-state index contributed by atoms with van der Waals surface area (Å²) in [5.74, 6) is -3.82. The zero-order valence-electron chi connectivity index (χ0n) is 25.6. The summed E-state index contributed by atoms with van der Waals surface area (Å²) in [6, 6.07) is 14.4. The van der Waals surface area contributed by atoms with Gasteiger partial charge in [0.1, 0.15) is 36.6 Å². The number of hydrogen-bond acceptors (Lipinski definition) is 10. The predicted octanol–water partition coefficient (Wildman–Crippen LogP) is 2.19. The lowest BCUT2D eigenvalue weighted by atomic mass is 9.96. The third kappa shape index (κ3) is 8.30. The quantitative estimate of drug-likeness (QED) is 0.199. The number of fused-ring (bicyclic) bond motifs is 3. The minimum atomic E-state index is -2.38. The maximum atomic E-state index is 12.9. The minimum absolute atomic E-state index is 0.00991. The van der Waals surface area contributed by atoms with Crippen LogP contribution < -0.4 is 5.32 Å². The molecular weight excluding hydrogens is 588 g/mol. The van der Waals surface area contributed by atoms with Gasteiger partial charge in [-0.25, -0.2) is 14.4 Å². The second-order valence-electron chi connectivity index (χ2n) is 12.4. The number of rotatable bonds is 11. The zero-order chi connectivity index (χ0) is 32.9. The van der Waals surface area contributed by atoms with Crippen LogP contribution in [0, 0.1) is 0 Å². The maximum absolute atomic E-state index is 12.9. The van der Waals surface area contributed by atoms with Gasteiger partial charge in [-0.15, -0.1) is 0 Å². The highest BCUT2D eigenvalue weighted by atomic mass is 16.7. The average Bonchev–Trinajstić information content (AvgIpc) is 3.30. The van der Waals surface area contributed by atoms with Crippen molar-refractivity contribution in [2.75, 3.05) is 26.3 Å². The molecule has 4 rings (SSSR count). The predicted molar refractivity (Wildman–Crippen MR) is 160 cm³/mol. The summed E-state index contributed by atoms with van der Waals surface area (Å²) in [5, 5.41) is 53.1. The molecule has 45 heavy (non-hydrogen) atoms. The molecule has 0 spiro atoms. The summed E-state index contributed by atoms with van der Waals surface area (Å²) in [5.41, 5.74) is 3.29. The Morgan fingerprint density at radius 1 is 1.02 bits per heavy atom. The van der Waals surface area contributed by atoms with E-state index in [-0.39, 0.29) is 38.3 Å². The van der Waals surface area contributed by atoms with E-state index in [0.717, 1.165) is 27.2 Å². The molecule has 2 aromatic rings. The van der Waals surface area contributed by atoms with Gasteiger partial charge in [-0.05, 0) is 62.3 Å². The molecule has 1 saturated heterocycles. The van der Waals surface area contributed by atoms with Crippen LogP contribution in [0.1, 0.15) is 57.1 Å². The second kappa shape index (κ2) is 14.1. The molecule has 6 N–H and O–H groups in total. The number of carboxylic acid groups (broad SMARTS) is 1. The molecule has 246 valence electrons. The van der Waals surface area contributed by atoms with Crippen LogP contribution in [0.2, 0.25) is 0 Å². The molecular formula is C32H42N2O11. The number of carbonyl (C=O) groups is 3. The number of aliphatic hydroxyl groups excluding tert-OH is 3. The largest absolute Gasteiger partial charge is 0.480 e. The lowest BCUT2D eigenvalue weighted by molar-refractivity contribution is -0.323. The zero-order valence-corrected chi connectivity index (χ0v) is 25.6. The number of aliphatic carboxylic acids is 1. The molecule has 0 bridgehead atoms. The Kier molecular flexibility index (Phi) is 10.7. The molecule has 0 radical (unpaired) electrons. The molecule has 1 aliphatic carbocycles. The maximum Gasteiger partial charge on any atom is 0.410 e. The summed E-state index contributed by atoms with van der Waals surface area (Å²) in [7, 11) is 0. The number of amides is 2. The van der Waals surface area contributed by atoms with Crippen molar-refractivity contribution >= 4 is 18.2 Å². The van der Waals surface area contributed by atoms with E-state index in [1.54, 1.807) is 20.8 Å². The molecule has 0 saturated carbocycles. The number of carboxylic acids is 1. The molecule has 2 amide bonds. The molecule has 2 aromatic carbocycles. The van der Waals surface area contributed by atoms with E-state index < -0.39 is 67.0 Å². The van der Waals surface area contributed by atoms with Crippen molar-refractivity contribution in [3.63, 3.8) is 0 Å². The second-order valence-corrected chi connectivity index (χ2v) is 12.4.